The summed E-state index contributed by atoms with van der Waals surface area (Å²) < 4.78 is 0. The molecule has 1 aliphatic heterocycles. The molecule has 0 aliphatic carbocycles. The van der Waals surface area contributed by atoms with E-state index >= 15 is 0 Å². The van der Waals surface area contributed by atoms with Crippen molar-refractivity contribution in [1.82, 2.24) is 4.90 Å². The van der Waals surface area contributed by atoms with Gasteiger partial charge in [-0.2, -0.15) is 5.26 Å². The molecule has 0 saturated carbocycles. The lowest BCUT2D eigenvalue weighted by Crippen LogP contribution is -2.38. The van der Waals surface area contributed by atoms with Crippen LogP contribution in [-0.4, -0.2) is 17.5 Å². The fourth-order valence-electron chi connectivity index (χ4n) is 2.70. The van der Waals surface area contributed by atoms with Gasteiger partial charge in [0.1, 0.15) is 0 Å². The molecule has 2 rings (SSSR count). The number of hydrogen-bond acceptors (Lipinski definition) is 2. The van der Waals surface area contributed by atoms with E-state index in [1.807, 2.05) is 18.2 Å². The van der Waals surface area contributed by atoms with E-state index < -0.39 is 0 Å². The second-order valence-electron chi connectivity index (χ2n) is 4.84. The van der Waals surface area contributed by atoms with Gasteiger partial charge in [0, 0.05) is 12.6 Å². The Hall–Kier alpha value is -1.33. The van der Waals surface area contributed by atoms with E-state index in [4.69, 9.17) is 5.26 Å². The van der Waals surface area contributed by atoms with Crippen molar-refractivity contribution in [2.45, 2.75) is 45.2 Å². The van der Waals surface area contributed by atoms with Crippen LogP contribution in [0.25, 0.3) is 0 Å². The summed E-state index contributed by atoms with van der Waals surface area (Å²) in [5, 5.41) is 8.90. The van der Waals surface area contributed by atoms with Gasteiger partial charge in [-0.25, -0.2) is 0 Å². The summed E-state index contributed by atoms with van der Waals surface area (Å²) in [7, 11) is 0. The molecular weight excluding hydrogens is 208 g/mol. The predicted molar refractivity (Wildman–Crippen MR) is 69.5 cm³/mol. The Morgan fingerprint density at radius 1 is 1.41 bits per heavy atom. The molecule has 1 heterocycles. The first kappa shape index (κ1) is 12.1. The Morgan fingerprint density at radius 3 is 3.06 bits per heavy atom. The lowest BCUT2D eigenvalue weighted by Gasteiger charge is -2.35. The highest BCUT2D eigenvalue weighted by Crippen LogP contribution is 2.21. The maximum absolute atomic E-state index is 8.90. The van der Waals surface area contributed by atoms with E-state index in [1.54, 1.807) is 0 Å². The van der Waals surface area contributed by atoms with Gasteiger partial charge in [0.25, 0.3) is 0 Å². The summed E-state index contributed by atoms with van der Waals surface area (Å²) in [4.78, 5) is 2.57. The van der Waals surface area contributed by atoms with Crippen molar-refractivity contribution in [3.05, 3.63) is 35.4 Å². The summed E-state index contributed by atoms with van der Waals surface area (Å²) in [5.74, 6) is 0. The third-order valence-corrected chi connectivity index (χ3v) is 3.66. The molecule has 1 unspecified atom stereocenters. The standard InChI is InChI=1S/C15H20N2/c1-2-15-8-3-4-9-17(15)12-14-7-5-6-13(10-14)11-16/h5-7,10,15H,2-4,8-9,12H2,1H3. The van der Waals surface area contributed by atoms with Crippen molar-refractivity contribution < 1.29 is 0 Å². The molecule has 0 amide bonds. The maximum atomic E-state index is 8.90. The minimum Gasteiger partial charge on any atom is -0.296 e. The molecule has 2 heteroatoms. The second-order valence-corrected chi connectivity index (χ2v) is 4.84. The molecule has 0 aromatic heterocycles. The van der Waals surface area contributed by atoms with Crippen LogP contribution < -0.4 is 0 Å². The Bertz CT molecular complexity index is 406. The minimum atomic E-state index is 0.731. The molecule has 1 aromatic carbocycles. The number of benzene rings is 1. The van der Waals surface area contributed by atoms with Crippen LogP contribution in [0.4, 0.5) is 0 Å². The first-order valence-electron chi connectivity index (χ1n) is 6.56. The molecular formula is C15H20N2. The van der Waals surface area contributed by atoms with Crippen LogP contribution in [-0.2, 0) is 6.54 Å². The minimum absolute atomic E-state index is 0.731. The highest BCUT2D eigenvalue weighted by atomic mass is 15.2. The van der Waals surface area contributed by atoms with Gasteiger partial charge in [0.05, 0.1) is 11.6 Å². The van der Waals surface area contributed by atoms with Gasteiger partial charge in [0.15, 0.2) is 0 Å². The first-order valence-corrected chi connectivity index (χ1v) is 6.56. The Morgan fingerprint density at radius 2 is 2.29 bits per heavy atom. The fraction of sp³-hybridized carbons (Fsp3) is 0.533. The highest BCUT2D eigenvalue weighted by Gasteiger charge is 2.20. The van der Waals surface area contributed by atoms with E-state index in [9.17, 15) is 0 Å². The van der Waals surface area contributed by atoms with Gasteiger partial charge in [0.2, 0.25) is 0 Å². The molecule has 1 aliphatic rings. The molecule has 2 nitrogen and oxygen atoms in total. The van der Waals surface area contributed by atoms with Crippen molar-refractivity contribution in [2.24, 2.45) is 0 Å². The number of piperidine rings is 1. The van der Waals surface area contributed by atoms with Crippen LogP contribution in [0.5, 0.6) is 0 Å². The van der Waals surface area contributed by atoms with E-state index in [1.165, 1.54) is 37.8 Å². The van der Waals surface area contributed by atoms with Crippen molar-refractivity contribution in [1.29, 1.82) is 5.26 Å². The number of nitriles is 1. The molecule has 1 fully saturated rings. The molecule has 1 atom stereocenters. The normalized spacial score (nSPS) is 21.1. The van der Waals surface area contributed by atoms with E-state index in [0.29, 0.717) is 0 Å². The maximum Gasteiger partial charge on any atom is 0.0991 e. The average molecular weight is 228 g/mol. The largest absolute Gasteiger partial charge is 0.296 e. The van der Waals surface area contributed by atoms with Crippen molar-refractivity contribution in [2.75, 3.05) is 6.54 Å². The highest BCUT2D eigenvalue weighted by molar-refractivity contribution is 5.32. The molecule has 0 bridgehead atoms. The van der Waals surface area contributed by atoms with Gasteiger partial charge < -0.3 is 0 Å². The third kappa shape index (κ3) is 3.08. The van der Waals surface area contributed by atoms with Crippen molar-refractivity contribution >= 4 is 0 Å². The SMILES string of the molecule is CCC1CCCCN1Cc1cccc(C#N)c1. The van der Waals surface area contributed by atoms with Crippen LogP contribution in [0.3, 0.4) is 0 Å². The monoisotopic (exact) mass is 228 g/mol. The van der Waals surface area contributed by atoms with Gasteiger partial charge in [-0.1, -0.05) is 25.5 Å². The third-order valence-electron chi connectivity index (χ3n) is 3.66. The van der Waals surface area contributed by atoms with Crippen LogP contribution >= 0.6 is 0 Å². The Labute approximate surface area is 104 Å². The van der Waals surface area contributed by atoms with Gasteiger partial charge in [-0.05, 0) is 43.5 Å². The molecule has 1 aromatic rings. The van der Waals surface area contributed by atoms with Crippen LogP contribution in [0, 0.1) is 11.3 Å². The van der Waals surface area contributed by atoms with Crippen LogP contribution in [0.1, 0.15) is 43.7 Å². The van der Waals surface area contributed by atoms with Crippen molar-refractivity contribution in [3.8, 4) is 6.07 Å². The molecule has 0 spiro atoms. The number of hydrogen-bond donors (Lipinski definition) is 0. The summed E-state index contributed by atoms with van der Waals surface area (Å²) in [5.41, 5.74) is 2.04. The average Bonchev–Trinajstić information content (AvgIpc) is 2.39. The topological polar surface area (TPSA) is 27.0 Å². The lowest BCUT2D eigenvalue weighted by atomic mass is 9.99. The zero-order chi connectivity index (χ0) is 12.1. The fourth-order valence-corrected chi connectivity index (χ4v) is 2.70. The molecule has 0 radical (unpaired) electrons. The van der Waals surface area contributed by atoms with E-state index in [-0.39, 0.29) is 0 Å². The summed E-state index contributed by atoms with van der Waals surface area (Å²) in [6.45, 7) is 4.47. The smallest absolute Gasteiger partial charge is 0.0991 e. The van der Waals surface area contributed by atoms with Crippen LogP contribution in [0.2, 0.25) is 0 Å². The lowest BCUT2D eigenvalue weighted by molar-refractivity contribution is 0.136. The van der Waals surface area contributed by atoms with Gasteiger partial charge in [-0.15, -0.1) is 0 Å². The number of rotatable bonds is 3. The predicted octanol–water partition coefficient (Wildman–Crippen LogP) is 3.32. The van der Waals surface area contributed by atoms with Gasteiger partial charge >= 0.3 is 0 Å². The van der Waals surface area contributed by atoms with Crippen LogP contribution in [0.15, 0.2) is 24.3 Å². The zero-order valence-electron chi connectivity index (χ0n) is 10.5. The Kier molecular flexibility index (Phi) is 4.17. The van der Waals surface area contributed by atoms with E-state index in [2.05, 4.69) is 24.0 Å². The molecule has 90 valence electrons. The summed E-state index contributed by atoms with van der Waals surface area (Å²) in [6, 6.07) is 10.9. The number of nitrogens with zero attached hydrogens (tertiary/aromatic N) is 2. The summed E-state index contributed by atoms with van der Waals surface area (Å²) in [6.07, 6.45) is 5.24. The molecule has 0 N–H and O–H groups in total. The Balaban J connectivity index is 2.06. The zero-order valence-corrected chi connectivity index (χ0v) is 10.5. The molecule has 17 heavy (non-hydrogen) atoms. The number of likely N-dealkylation sites (tertiary alicyclic amines) is 1. The van der Waals surface area contributed by atoms with E-state index in [0.717, 1.165) is 18.2 Å². The summed E-state index contributed by atoms with van der Waals surface area (Å²) >= 11 is 0. The van der Waals surface area contributed by atoms with Crippen molar-refractivity contribution in [3.63, 3.8) is 0 Å². The van der Waals surface area contributed by atoms with Gasteiger partial charge in [-0.3, -0.25) is 4.90 Å². The quantitative estimate of drug-likeness (QED) is 0.793. The second kappa shape index (κ2) is 5.84. The molecule has 1 saturated heterocycles. The first-order chi connectivity index (χ1) is 8.33.